The molecular weight excluding hydrogens is 420 g/mol. The molecule has 2 heterocycles. The number of aromatic nitrogens is 1. The van der Waals surface area contributed by atoms with Crippen molar-refractivity contribution in [1.82, 2.24) is 14.8 Å². The van der Waals surface area contributed by atoms with E-state index in [1.807, 2.05) is 6.92 Å². The van der Waals surface area contributed by atoms with Crippen LogP contribution in [0.4, 0.5) is 5.69 Å². The molecule has 0 unspecified atom stereocenters. The monoisotopic (exact) mass is 452 g/mol. The lowest BCUT2D eigenvalue weighted by molar-refractivity contribution is 0.0930. The molecule has 4 aromatic rings. The Balaban J connectivity index is 1.28. The van der Waals surface area contributed by atoms with Crippen LogP contribution in [0.3, 0.4) is 0 Å². The quantitative estimate of drug-likeness (QED) is 0.472. The molecular formula is C29H32N4O. The summed E-state index contributed by atoms with van der Waals surface area (Å²) in [6.07, 6.45) is 1.95. The smallest absolute Gasteiger partial charge is 0.252 e. The fraction of sp³-hybridized carbons (Fsp3) is 0.345. The number of hydrogen-bond donors (Lipinski definition) is 1. The first-order valence-corrected chi connectivity index (χ1v) is 12.2. The Kier molecular flexibility index (Phi) is 4.75. The number of fused-ring (bicyclic) bond motifs is 3. The number of nitrogens with one attached hydrogen (secondary N) is 1. The van der Waals surface area contributed by atoms with Gasteiger partial charge in [-0.2, -0.15) is 0 Å². The molecule has 1 amide bonds. The van der Waals surface area contributed by atoms with Crippen molar-refractivity contribution in [2.24, 2.45) is 7.05 Å². The van der Waals surface area contributed by atoms with Crippen molar-refractivity contribution in [2.45, 2.75) is 31.3 Å². The van der Waals surface area contributed by atoms with E-state index in [-0.39, 0.29) is 11.4 Å². The second kappa shape index (κ2) is 7.60. The molecule has 1 N–H and O–H groups in total. The zero-order valence-electron chi connectivity index (χ0n) is 20.4. The molecule has 1 saturated carbocycles. The first-order chi connectivity index (χ1) is 16.4. The van der Waals surface area contributed by atoms with Crippen molar-refractivity contribution in [2.75, 3.05) is 32.1 Å². The minimum absolute atomic E-state index is 0.0274. The number of hydrogen-bond acceptors (Lipinski definition) is 3. The number of likely N-dealkylation sites (N-methyl/N-ethyl adjacent to an activating group) is 1. The van der Waals surface area contributed by atoms with Gasteiger partial charge in [-0.1, -0.05) is 30.3 Å². The molecule has 1 aliphatic heterocycles. The minimum atomic E-state index is -0.266. The fourth-order valence-electron chi connectivity index (χ4n) is 5.41. The summed E-state index contributed by atoms with van der Waals surface area (Å²) >= 11 is 0. The van der Waals surface area contributed by atoms with Gasteiger partial charge in [0.15, 0.2) is 0 Å². The van der Waals surface area contributed by atoms with E-state index in [9.17, 15) is 4.79 Å². The topological polar surface area (TPSA) is 40.5 Å². The number of benzene rings is 3. The summed E-state index contributed by atoms with van der Waals surface area (Å²) in [5.41, 5.74) is 6.33. The van der Waals surface area contributed by atoms with E-state index in [2.05, 4.69) is 101 Å². The highest BCUT2D eigenvalue weighted by molar-refractivity contribution is 6.08. The number of carbonyl (C=O) groups excluding carboxylic acids is 1. The minimum Gasteiger partial charge on any atom is -0.368 e. The van der Waals surface area contributed by atoms with Gasteiger partial charge in [0.05, 0.1) is 5.54 Å². The fourth-order valence-corrected chi connectivity index (χ4v) is 5.41. The Bertz CT molecular complexity index is 1420. The lowest BCUT2D eigenvalue weighted by Crippen LogP contribution is -2.57. The summed E-state index contributed by atoms with van der Waals surface area (Å²) in [7, 11) is 6.37. The summed E-state index contributed by atoms with van der Waals surface area (Å²) < 4.78 is 2.25. The van der Waals surface area contributed by atoms with Gasteiger partial charge in [-0.3, -0.25) is 4.79 Å². The van der Waals surface area contributed by atoms with E-state index in [0.717, 1.165) is 42.7 Å². The third-order valence-electron chi connectivity index (χ3n) is 7.99. The Morgan fingerprint density at radius 2 is 1.71 bits per heavy atom. The van der Waals surface area contributed by atoms with Crippen molar-refractivity contribution in [3.8, 4) is 0 Å². The zero-order chi connectivity index (χ0) is 23.6. The van der Waals surface area contributed by atoms with Crippen molar-refractivity contribution >= 4 is 33.4 Å². The molecule has 6 rings (SSSR count). The first kappa shape index (κ1) is 21.2. The summed E-state index contributed by atoms with van der Waals surface area (Å²) in [5.74, 6) is 0.0274. The van der Waals surface area contributed by atoms with Crippen LogP contribution in [0.15, 0.2) is 60.7 Å². The van der Waals surface area contributed by atoms with Gasteiger partial charge < -0.3 is 19.7 Å². The molecule has 34 heavy (non-hydrogen) atoms. The van der Waals surface area contributed by atoms with Crippen LogP contribution in [0.25, 0.3) is 21.8 Å². The maximum atomic E-state index is 13.5. The molecule has 1 aromatic heterocycles. The van der Waals surface area contributed by atoms with Crippen LogP contribution in [0, 0.1) is 6.92 Å². The maximum absolute atomic E-state index is 13.5. The van der Waals surface area contributed by atoms with Gasteiger partial charge in [0.2, 0.25) is 0 Å². The molecule has 2 fully saturated rings. The molecule has 1 saturated heterocycles. The van der Waals surface area contributed by atoms with Gasteiger partial charge in [0.25, 0.3) is 5.91 Å². The summed E-state index contributed by atoms with van der Waals surface area (Å²) in [6.45, 7) is 4.04. The highest BCUT2D eigenvalue weighted by Gasteiger charge is 2.46. The highest BCUT2D eigenvalue weighted by atomic mass is 16.1. The maximum Gasteiger partial charge on any atom is 0.252 e. The SMILES string of the molecule is Cc1ccc(N2CC(N(C)C)C2)cc1C(=O)NC1(c2ccc3c(c2)c2ccccc2n3C)CC1. The lowest BCUT2D eigenvalue weighted by atomic mass is 9.99. The van der Waals surface area contributed by atoms with E-state index in [4.69, 9.17) is 0 Å². The Morgan fingerprint density at radius 3 is 2.44 bits per heavy atom. The molecule has 174 valence electrons. The number of nitrogens with zero attached hydrogens (tertiary/aromatic N) is 3. The number of aryl methyl sites for hydroxylation is 2. The van der Waals surface area contributed by atoms with Crippen LogP contribution in [-0.2, 0) is 12.6 Å². The van der Waals surface area contributed by atoms with Crippen LogP contribution in [-0.4, -0.2) is 48.6 Å². The molecule has 1 aliphatic carbocycles. The second-order valence-electron chi connectivity index (χ2n) is 10.4. The van der Waals surface area contributed by atoms with Crippen LogP contribution >= 0.6 is 0 Å². The zero-order valence-corrected chi connectivity index (χ0v) is 20.4. The predicted octanol–water partition coefficient (Wildman–Crippen LogP) is 4.81. The average Bonchev–Trinajstić information content (AvgIpc) is 3.52. The molecule has 0 bridgehead atoms. The standard InChI is InChI=1S/C29H32N4O/c1-19-9-11-21(33-17-22(18-33)31(2)3)16-24(19)28(34)30-29(13-14-29)20-10-12-27-25(15-20)23-7-5-6-8-26(23)32(27)4/h5-12,15-16,22H,13-14,17-18H2,1-4H3,(H,30,34). The molecule has 0 atom stereocenters. The Morgan fingerprint density at radius 1 is 0.971 bits per heavy atom. The molecule has 3 aromatic carbocycles. The molecule has 0 spiro atoms. The van der Waals surface area contributed by atoms with Gasteiger partial charge >= 0.3 is 0 Å². The summed E-state index contributed by atoms with van der Waals surface area (Å²) in [4.78, 5) is 18.1. The molecule has 0 radical (unpaired) electrons. The van der Waals surface area contributed by atoms with Gasteiger partial charge in [0.1, 0.15) is 0 Å². The summed E-state index contributed by atoms with van der Waals surface area (Å²) in [5, 5.41) is 5.93. The lowest BCUT2D eigenvalue weighted by Gasteiger charge is -2.44. The van der Waals surface area contributed by atoms with Gasteiger partial charge in [-0.15, -0.1) is 0 Å². The van der Waals surface area contributed by atoms with E-state index in [0.29, 0.717) is 6.04 Å². The average molecular weight is 453 g/mol. The van der Waals surface area contributed by atoms with Crippen molar-refractivity contribution in [3.05, 3.63) is 77.4 Å². The third-order valence-corrected chi connectivity index (χ3v) is 7.99. The van der Waals surface area contributed by atoms with E-state index >= 15 is 0 Å². The molecule has 5 nitrogen and oxygen atoms in total. The highest BCUT2D eigenvalue weighted by Crippen LogP contribution is 2.47. The number of carbonyl (C=O) groups is 1. The van der Waals surface area contributed by atoms with E-state index in [1.54, 1.807) is 0 Å². The van der Waals surface area contributed by atoms with Crippen LogP contribution in [0.1, 0.15) is 34.3 Å². The largest absolute Gasteiger partial charge is 0.368 e. The van der Waals surface area contributed by atoms with Crippen molar-refractivity contribution in [3.63, 3.8) is 0 Å². The van der Waals surface area contributed by atoms with E-state index < -0.39 is 0 Å². The molecule has 2 aliphatic rings. The number of anilines is 1. The van der Waals surface area contributed by atoms with Crippen LogP contribution < -0.4 is 10.2 Å². The van der Waals surface area contributed by atoms with Gasteiger partial charge in [0, 0.05) is 59.2 Å². The first-order valence-electron chi connectivity index (χ1n) is 12.2. The van der Waals surface area contributed by atoms with E-state index in [1.165, 1.54) is 27.4 Å². The van der Waals surface area contributed by atoms with Gasteiger partial charge in [-0.25, -0.2) is 0 Å². The Labute approximate surface area is 201 Å². The van der Waals surface area contributed by atoms with Crippen LogP contribution in [0.5, 0.6) is 0 Å². The number of para-hydroxylation sites is 1. The Hall–Kier alpha value is -3.31. The second-order valence-corrected chi connectivity index (χ2v) is 10.4. The normalized spacial score (nSPS) is 17.4. The number of rotatable bonds is 5. The van der Waals surface area contributed by atoms with Crippen molar-refractivity contribution < 1.29 is 4.79 Å². The van der Waals surface area contributed by atoms with Crippen molar-refractivity contribution in [1.29, 1.82) is 0 Å². The number of amides is 1. The molecule has 5 heteroatoms. The third kappa shape index (κ3) is 3.30. The van der Waals surface area contributed by atoms with Crippen LogP contribution in [0.2, 0.25) is 0 Å². The van der Waals surface area contributed by atoms with Gasteiger partial charge in [-0.05, 0) is 75.3 Å². The predicted molar refractivity (Wildman–Crippen MR) is 140 cm³/mol. The summed E-state index contributed by atoms with van der Waals surface area (Å²) in [6, 6.07) is 22.1.